The Morgan fingerprint density at radius 2 is 1.70 bits per heavy atom. The first kappa shape index (κ1) is 17.8. The van der Waals surface area contributed by atoms with E-state index in [4.69, 9.17) is 4.74 Å². The van der Waals surface area contributed by atoms with Crippen LogP contribution in [0.2, 0.25) is 0 Å². The molecule has 1 aromatic carbocycles. The third kappa shape index (κ3) is 3.03. The number of carbonyl (C=O) groups excluding carboxylic acids is 3. The summed E-state index contributed by atoms with van der Waals surface area (Å²) in [6, 6.07) is 5.93. The van der Waals surface area contributed by atoms with Crippen molar-refractivity contribution in [3.63, 3.8) is 0 Å². The highest BCUT2D eigenvalue weighted by molar-refractivity contribution is 6.08. The van der Waals surface area contributed by atoms with Gasteiger partial charge in [0, 0.05) is 0 Å². The molecule has 1 aromatic rings. The van der Waals surface area contributed by atoms with Crippen LogP contribution in [-0.4, -0.2) is 42.3 Å². The Morgan fingerprint density at radius 1 is 1.11 bits per heavy atom. The van der Waals surface area contributed by atoms with Crippen LogP contribution in [0.4, 0.5) is 0 Å². The fourth-order valence-corrected chi connectivity index (χ4v) is 4.69. The number of ether oxygens (including phenoxy) is 1. The zero-order valence-electron chi connectivity index (χ0n) is 15.6. The van der Waals surface area contributed by atoms with E-state index in [1.54, 1.807) is 0 Å². The number of aryl methyl sites for hydroxylation is 2. The van der Waals surface area contributed by atoms with Crippen LogP contribution in [0.3, 0.4) is 0 Å². The van der Waals surface area contributed by atoms with Crippen molar-refractivity contribution in [1.82, 2.24) is 10.2 Å². The van der Waals surface area contributed by atoms with E-state index in [-0.39, 0.29) is 47.9 Å². The highest BCUT2D eigenvalue weighted by atomic mass is 16.5. The summed E-state index contributed by atoms with van der Waals surface area (Å²) in [4.78, 5) is 38.5. The minimum Gasteiger partial charge on any atom is -0.491 e. The van der Waals surface area contributed by atoms with E-state index in [2.05, 4.69) is 5.32 Å². The van der Waals surface area contributed by atoms with Crippen LogP contribution in [-0.2, 0) is 14.4 Å². The third-order valence-corrected chi connectivity index (χ3v) is 5.94. The zero-order valence-corrected chi connectivity index (χ0v) is 15.6. The lowest BCUT2D eigenvalue weighted by atomic mass is 9.85. The first-order valence-electron chi connectivity index (χ1n) is 9.46. The van der Waals surface area contributed by atoms with E-state index in [0.717, 1.165) is 28.2 Å². The molecule has 0 unspecified atom stereocenters. The maximum atomic E-state index is 12.6. The Labute approximate surface area is 158 Å². The molecule has 2 fully saturated rings. The third-order valence-electron chi connectivity index (χ3n) is 5.94. The van der Waals surface area contributed by atoms with Gasteiger partial charge in [-0.15, -0.1) is 0 Å². The molecule has 3 aliphatic rings. The summed E-state index contributed by atoms with van der Waals surface area (Å²) < 4.78 is 5.76. The summed E-state index contributed by atoms with van der Waals surface area (Å²) in [5.41, 5.74) is 2.09. The first-order valence-corrected chi connectivity index (χ1v) is 9.46. The molecule has 1 N–H and O–H groups in total. The number of hydrogen-bond acceptors (Lipinski definition) is 4. The number of likely N-dealkylation sites (tertiary alicyclic amines) is 1. The number of para-hydroxylation sites is 1. The number of benzene rings is 1. The van der Waals surface area contributed by atoms with E-state index in [0.29, 0.717) is 13.2 Å². The maximum absolute atomic E-state index is 12.6. The summed E-state index contributed by atoms with van der Waals surface area (Å²) in [5.74, 6) is -0.0760. The average Bonchev–Trinajstić information content (AvgIpc) is 3.31. The van der Waals surface area contributed by atoms with E-state index >= 15 is 0 Å². The van der Waals surface area contributed by atoms with Crippen molar-refractivity contribution in [2.45, 2.75) is 20.3 Å². The Hall–Kier alpha value is -2.63. The minimum atomic E-state index is -0.331. The number of carbonyl (C=O) groups is 3. The van der Waals surface area contributed by atoms with Gasteiger partial charge in [-0.2, -0.15) is 0 Å². The number of nitrogens with zero attached hydrogens (tertiary/aromatic N) is 1. The normalized spacial score (nSPS) is 28.0. The minimum absolute atomic E-state index is 0.162. The number of imide groups is 1. The molecule has 142 valence electrons. The number of nitrogens with one attached hydrogen (secondary N) is 1. The molecule has 0 aromatic heterocycles. The molecule has 2 aliphatic carbocycles. The molecule has 0 radical (unpaired) electrons. The van der Waals surface area contributed by atoms with Crippen LogP contribution in [0.25, 0.3) is 0 Å². The molecule has 1 aliphatic heterocycles. The van der Waals surface area contributed by atoms with Gasteiger partial charge < -0.3 is 10.1 Å². The SMILES string of the molecule is Cc1cccc(C)c1OCCNC(=O)CN1C(=O)[C@H]2[C@H](C1=O)[C@H]1C=C[C@H]2C1. The molecule has 1 saturated carbocycles. The lowest BCUT2D eigenvalue weighted by Gasteiger charge is -2.17. The highest BCUT2D eigenvalue weighted by Crippen LogP contribution is 2.52. The number of fused-ring (bicyclic) bond motifs is 5. The molecule has 2 bridgehead atoms. The van der Waals surface area contributed by atoms with Gasteiger partial charge in [0.25, 0.3) is 0 Å². The molecule has 27 heavy (non-hydrogen) atoms. The van der Waals surface area contributed by atoms with E-state index in [1.807, 2.05) is 44.2 Å². The van der Waals surface area contributed by atoms with Gasteiger partial charge in [-0.3, -0.25) is 19.3 Å². The van der Waals surface area contributed by atoms with Crippen molar-refractivity contribution in [3.05, 3.63) is 41.5 Å². The van der Waals surface area contributed by atoms with Crippen LogP contribution in [0.15, 0.2) is 30.4 Å². The summed E-state index contributed by atoms with van der Waals surface area (Å²) >= 11 is 0. The van der Waals surface area contributed by atoms with Gasteiger partial charge in [-0.1, -0.05) is 30.4 Å². The molecule has 0 spiro atoms. The predicted octanol–water partition coefficient (Wildman–Crippen LogP) is 1.61. The molecule has 4 atom stereocenters. The van der Waals surface area contributed by atoms with E-state index < -0.39 is 0 Å². The van der Waals surface area contributed by atoms with Crippen molar-refractivity contribution in [3.8, 4) is 5.75 Å². The van der Waals surface area contributed by atoms with Crippen molar-refractivity contribution in [2.24, 2.45) is 23.7 Å². The highest BCUT2D eigenvalue weighted by Gasteiger charge is 2.59. The van der Waals surface area contributed by atoms with E-state index in [1.165, 1.54) is 0 Å². The summed E-state index contributed by atoms with van der Waals surface area (Å²) in [7, 11) is 0. The van der Waals surface area contributed by atoms with Crippen LogP contribution < -0.4 is 10.1 Å². The monoisotopic (exact) mass is 368 g/mol. The second-order valence-electron chi connectivity index (χ2n) is 7.68. The quantitative estimate of drug-likeness (QED) is 0.470. The lowest BCUT2D eigenvalue weighted by Crippen LogP contribution is -2.42. The van der Waals surface area contributed by atoms with Crippen LogP contribution in [0.1, 0.15) is 17.5 Å². The van der Waals surface area contributed by atoms with Gasteiger partial charge in [-0.05, 0) is 43.2 Å². The Kier molecular flexibility index (Phi) is 4.50. The second kappa shape index (κ2) is 6.83. The zero-order chi connectivity index (χ0) is 19.1. The first-order chi connectivity index (χ1) is 13.0. The number of rotatable bonds is 6. The van der Waals surface area contributed by atoms with Crippen molar-refractivity contribution in [2.75, 3.05) is 19.7 Å². The largest absolute Gasteiger partial charge is 0.491 e. The second-order valence-corrected chi connectivity index (χ2v) is 7.68. The van der Waals surface area contributed by atoms with Crippen LogP contribution in [0.5, 0.6) is 5.75 Å². The van der Waals surface area contributed by atoms with Crippen molar-refractivity contribution >= 4 is 17.7 Å². The lowest BCUT2D eigenvalue weighted by molar-refractivity contribution is -0.144. The average molecular weight is 368 g/mol. The molecule has 4 rings (SSSR count). The van der Waals surface area contributed by atoms with Crippen LogP contribution >= 0.6 is 0 Å². The van der Waals surface area contributed by atoms with Crippen molar-refractivity contribution < 1.29 is 19.1 Å². The molecule has 6 heteroatoms. The van der Waals surface area contributed by atoms with Gasteiger partial charge in [0.1, 0.15) is 18.9 Å². The van der Waals surface area contributed by atoms with Crippen LogP contribution in [0, 0.1) is 37.5 Å². The molecule has 1 heterocycles. The van der Waals surface area contributed by atoms with Gasteiger partial charge in [0.2, 0.25) is 17.7 Å². The summed E-state index contributed by atoms with van der Waals surface area (Å²) in [6.07, 6.45) is 4.99. The Balaban J connectivity index is 1.27. The van der Waals surface area contributed by atoms with Gasteiger partial charge in [0.05, 0.1) is 18.4 Å². The predicted molar refractivity (Wildman–Crippen MR) is 98.9 cm³/mol. The maximum Gasteiger partial charge on any atom is 0.240 e. The van der Waals surface area contributed by atoms with Gasteiger partial charge >= 0.3 is 0 Å². The summed E-state index contributed by atoms with van der Waals surface area (Å²) in [5, 5.41) is 2.74. The van der Waals surface area contributed by atoms with Crippen molar-refractivity contribution in [1.29, 1.82) is 0 Å². The Bertz CT molecular complexity index is 781. The van der Waals surface area contributed by atoms with Gasteiger partial charge in [0.15, 0.2) is 0 Å². The van der Waals surface area contributed by atoms with Gasteiger partial charge in [-0.25, -0.2) is 0 Å². The summed E-state index contributed by atoms with van der Waals surface area (Å²) in [6.45, 7) is 4.41. The smallest absolute Gasteiger partial charge is 0.240 e. The fraction of sp³-hybridized carbons (Fsp3) is 0.476. The molecular weight excluding hydrogens is 344 g/mol. The number of amides is 3. The Morgan fingerprint density at radius 3 is 2.30 bits per heavy atom. The fourth-order valence-electron chi connectivity index (χ4n) is 4.69. The topological polar surface area (TPSA) is 75.7 Å². The molecular formula is C21H24N2O4. The molecule has 1 saturated heterocycles. The molecule has 6 nitrogen and oxygen atoms in total. The number of hydrogen-bond donors (Lipinski definition) is 1. The number of allylic oxidation sites excluding steroid dienone is 2. The van der Waals surface area contributed by atoms with E-state index in [9.17, 15) is 14.4 Å². The standard InChI is InChI=1S/C21H24N2O4/c1-12-4-3-5-13(2)19(12)27-9-8-22-16(24)11-23-20(25)17-14-6-7-15(10-14)18(17)21(23)26/h3-7,14-15,17-18H,8-11H2,1-2H3,(H,22,24)/t14-,15-,17+,18+/m0/s1. The molecule has 3 amide bonds.